The number of rotatable bonds is 6. The Hall–Kier alpha value is -1.60. The molecule has 4 nitrogen and oxygen atoms in total. The van der Waals surface area contributed by atoms with Crippen LogP contribution >= 0.6 is 0 Å². The second-order valence-electron chi connectivity index (χ2n) is 4.45. The third kappa shape index (κ3) is 4.83. The van der Waals surface area contributed by atoms with Crippen molar-refractivity contribution in [1.29, 1.82) is 0 Å². The molecule has 0 aliphatic rings. The number of nitrogens with one attached hydrogen (secondary N) is 1. The van der Waals surface area contributed by atoms with Gasteiger partial charge >= 0.3 is 0 Å². The van der Waals surface area contributed by atoms with Crippen molar-refractivity contribution < 1.29 is 0 Å². The summed E-state index contributed by atoms with van der Waals surface area (Å²) >= 11 is 0. The Morgan fingerprint density at radius 2 is 2.24 bits per heavy atom. The minimum atomic E-state index is 0.539. The fraction of sp³-hybridized carbons (Fsp3) is 0.538. The van der Waals surface area contributed by atoms with Gasteiger partial charge in [0.05, 0.1) is 18.4 Å². The zero-order valence-corrected chi connectivity index (χ0v) is 10.8. The fourth-order valence-electron chi connectivity index (χ4n) is 1.37. The normalized spacial score (nSPS) is 10.3. The highest BCUT2D eigenvalue weighted by Gasteiger charge is 2.03. The van der Waals surface area contributed by atoms with Crippen molar-refractivity contribution in [3.8, 4) is 12.3 Å². The minimum absolute atomic E-state index is 0.539. The fourth-order valence-corrected chi connectivity index (χ4v) is 1.37. The Balaban J connectivity index is 2.57. The van der Waals surface area contributed by atoms with E-state index in [0.29, 0.717) is 12.5 Å². The summed E-state index contributed by atoms with van der Waals surface area (Å²) in [6, 6.07) is 0. The van der Waals surface area contributed by atoms with E-state index in [1.165, 1.54) is 0 Å². The lowest BCUT2D eigenvalue weighted by Gasteiger charge is -2.15. The van der Waals surface area contributed by atoms with E-state index < -0.39 is 0 Å². The molecule has 0 aliphatic carbocycles. The number of hydrogen-bond donors (Lipinski definition) is 1. The van der Waals surface area contributed by atoms with Crippen LogP contribution < -0.4 is 10.2 Å². The lowest BCUT2D eigenvalue weighted by atomic mass is 10.2. The maximum absolute atomic E-state index is 5.27. The van der Waals surface area contributed by atoms with Gasteiger partial charge in [-0.2, -0.15) is 0 Å². The van der Waals surface area contributed by atoms with Crippen molar-refractivity contribution in [3.05, 3.63) is 18.1 Å². The molecule has 0 saturated heterocycles. The van der Waals surface area contributed by atoms with Gasteiger partial charge in [0, 0.05) is 19.8 Å². The van der Waals surface area contributed by atoms with Crippen molar-refractivity contribution in [2.75, 3.05) is 25.0 Å². The molecular formula is C13H20N4. The smallest absolute Gasteiger partial charge is 0.147 e. The first-order valence-electron chi connectivity index (χ1n) is 5.79. The highest BCUT2D eigenvalue weighted by molar-refractivity contribution is 5.36. The summed E-state index contributed by atoms with van der Waals surface area (Å²) in [4.78, 5) is 10.6. The highest BCUT2D eigenvalue weighted by atomic mass is 15.2. The molecule has 0 unspecified atom stereocenters. The Morgan fingerprint density at radius 3 is 2.88 bits per heavy atom. The molecule has 0 aromatic carbocycles. The third-order valence-electron chi connectivity index (χ3n) is 2.25. The molecule has 0 amide bonds. The molecule has 17 heavy (non-hydrogen) atoms. The molecular weight excluding hydrogens is 212 g/mol. The number of nitrogens with zero attached hydrogens (tertiary/aromatic N) is 3. The van der Waals surface area contributed by atoms with Gasteiger partial charge < -0.3 is 10.2 Å². The van der Waals surface area contributed by atoms with Gasteiger partial charge in [-0.05, 0) is 12.5 Å². The molecule has 0 fully saturated rings. The zero-order chi connectivity index (χ0) is 12.7. The molecule has 1 aromatic rings. The van der Waals surface area contributed by atoms with E-state index in [4.69, 9.17) is 6.42 Å². The van der Waals surface area contributed by atoms with Gasteiger partial charge in [-0.1, -0.05) is 19.8 Å². The highest BCUT2D eigenvalue weighted by Crippen LogP contribution is 2.06. The second kappa shape index (κ2) is 6.87. The second-order valence-corrected chi connectivity index (χ2v) is 4.45. The van der Waals surface area contributed by atoms with Gasteiger partial charge in [0.2, 0.25) is 0 Å². The molecule has 1 heterocycles. The zero-order valence-electron chi connectivity index (χ0n) is 10.8. The minimum Gasteiger partial charge on any atom is -0.347 e. The van der Waals surface area contributed by atoms with Gasteiger partial charge in [-0.3, -0.25) is 4.98 Å². The Bertz CT molecular complexity index is 381. The predicted molar refractivity (Wildman–Crippen MR) is 70.7 cm³/mol. The molecule has 92 valence electrons. The van der Waals surface area contributed by atoms with Crippen LogP contribution in [0.3, 0.4) is 0 Å². The predicted octanol–water partition coefficient (Wildman–Crippen LogP) is 1.29. The molecule has 0 aliphatic heterocycles. The quantitative estimate of drug-likeness (QED) is 0.750. The van der Waals surface area contributed by atoms with Gasteiger partial charge in [0.25, 0.3) is 0 Å². The molecule has 0 bridgehead atoms. The average molecular weight is 232 g/mol. The molecule has 0 saturated carbocycles. The first-order valence-corrected chi connectivity index (χ1v) is 5.79. The van der Waals surface area contributed by atoms with Crippen LogP contribution in [0.5, 0.6) is 0 Å². The summed E-state index contributed by atoms with van der Waals surface area (Å²) < 4.78 is 0. The van der Waals surface area contributed by atoms with Crippen molar-refractivity contribution in [2.24, 2.45) is 5.92 Å². The molecule has 1 N–H and O–H groups in total. The van der Waals surface area contributed by atoms with Crippen LogP contribution in [0.15, 0.2) is 12.4 Å². The summed E-state index contributed by atoms with van der Waals surface area (Å²) in [5.41, 5.74) is 0.937. The van der Waals surface area contributed by atoms with Gasteiger partial charge in [-0.15, -0.1) is 6.42 Å². The lowest BCUT2D eigenvalue weighted by molar-refractivity contribution is 0.547. The Kier molecular flexibility index (Phi) is 5.44. The average Bonchev–Trinajstić information content (AvgIpc) is 2.29. The first-order chi connectivity index (χ1) is 8.13. The molecule has 1 aromatic heterocycles. The van der Waals surface area contributed by atoms with E-state index >= 15 is 0 Å². The van der Waals surface area contributed by atoms with E-state index in [9.17, 15) is 0 Å². The molecule has 0 spiro atoms. The van der Waals surface area contributed by atoms with Gasteiger partial charge in [0.1, 0.15) is 5.82 Å². The maximum atomic E-state index is 5.27. The van der Waals surface area contributed by atoms with Crippen molar-refractivity contribution in [2.45, 2.75) is 20.4 Å². The van der Waals surface area contributed by atoms with E-state index in [1.807, 2.05) is 11.9 Å². The Morgan fingerprint density at radius 1 is 1.47 bits per heavy atom. The maximum Gasteiger partial charge on any atom is 0.147 e. The lowest BCUT2D eigenvalue weighted by Crippen LogP contribution is -2.22. The van der Waals surface area contributed by atoms with Crippen LogP contribution in [-0.4, -0.2) is 30.1 Å². The van der Waals surface area contributed by atoms with Crippen LogP contribution in [0.4, 0.5) is 5.82 Å². The number of anilines is 1. The first kappa shape index (κ1) is 13.5. The molecule has 1 rings (SSSR count). The van der Waals surface area contributed by atoms with Crippen LogP contribution in [-0.2, 0) is 6.54 Å². The summed E-state index contributed by atoms with van der Waals surface area (Å²) in [5, 5.41) is 3.34. The van der Waals surface area contributed by atoms with Gasteiger partial charge in [-0.25, -0.2) is 4.98 Å². The van der Waals surface area contributed by atoms with E-state index in [-0.39, 0.29) is 0 Å². The van der Waals surface area contributed by atoms with Crippen LogP contribution in [0, 0.1) is 18.3 Å². The van der Waals surface area contributed by atoms with Crippen molar-refractivity contribution >= 4 is 5.82 Å². The topological polar surface area (TPSA) is 41.1 Å². The number of terminal acetylenes is 1. The molecule has 0 radical (unpaired) electrons. The standard InChI is InChI=1S/C13H20N4/c1-5-6-17(4)13-10-15-9-12(16-13)8-14-7-11(2)3/h1,9-11,14H,6-8H2,2-4H3. The van der Waals surface area contributed by atoms with Crippen LogP contribution in [0.2, 0.25) is 0 Å². The van der Waals surface area contributed by atoms with Gasteiger partial charge in [0.15, 0.2) is 0 Å². The Labute approximate surface area is 103 Å². The van der Waals surface area contributed by atoms with Crippen LogP contribution in [0.1, 0.15) is 19.5 Å². The summed E-state index contributed by atoms with van der Waals surface area (Å²) in [7, 11) is 1.91. The van der Waals surface area contributed by atoms with E-state index in [1.54, 1.807) is 12.4 Å². The van der Waals surface area contributed by atoms with Crippen molar-refractivity contribution in [1.82, 2.24) is 15.3 Å². The number of hydrogen-bond acceptors (Lipinski definition) is 4. The monoisotopic (exact) mass is 232 g/mol. The number of aromatic nitrogens is 2. The SMILES string of the molecule is C#CCN(C)c1cncc(CNCC(C)C)n1. The largest absolute Gasteiger partial charge is 0.347 e. The van der Waals surface area contributed by atoms with Crippen LogP contribution in [0.25, 0.3) is 0 Å². The summed E-state index contributed by atoms with van der Waals surface area (Å²) in [6.45, 7) is 6.61. The molecule has 4 heteroatoms. The van der Waals surface area contributed by atoms with E-state index in [0.717, 1.165) is 24.6 Å². The van der Waals surface area contributed by atoms with E-state index in [2.05, 4.69) is 35.1 Å². The summed E-state index contributed by atoms with van der Waals surface area (Å²) in [5.74, 6) is 4.03. The molecule has 0 atom stereocenters. The third-order valence-corrected chi connectivity index (χ3v) is 2.25. The summed E-state index contributed by atoms with van der Waals surface area (Å²) in [6.07, 6.45) is 8.77. The van der Waals surface area contributed by atoms with Crippen molar-refractivity contribution in [3.63, 3.8) is 0 Å².